The molecule has 2 heterocycles. The van der Waals surface area contributed by atoms with Gasteiger partial charge in [-0.3, -0.25) is 0 Å². The van der Waals surface area contributed by atoms with Crippen molar-refractivity contribution in [3.8, 4) is 0 Å². The minimum Gasteiger partial charge on any atom is -0.368 e. The largest absolute Gasteiger partial charge is 0.418 e. The van der Waals surface area contributed by atoms with Crippen LogP contribution in [-0.2, 0) is 16.2 Å². The fourth-order valence-corrected chi connectivity index (χ4v) is 6.81. The van der Waals surface area contributed by atoms with Crippen LogP contribution in [-0.4, -0.2) is 51.4 Å². The summed E-state index contributed by atoms with van der Waals surface area (Å²) in [5.41, 5.74) is -1.18. The van der Waals surface area contributed by atoms with Crippen molar-refractivity contribution < 1.29 is 26.0 Å². The minimum absolute atomic E-state index is 0.0739. The molecule has 2 aliphatic heterocycles. The molecule has 0 aliphatic carbocycles. The lowest BCUT2D eigenvalue weighted by Gasteiger charge is -2.40. The van der Waals surface area contributed by atoms with Crippen LogP contribution in [0.5, 0.6) is 0 Å². The lowest BCUT2D eigenvalue weighted by molar-refractivity contribution is -0.137. The monoisotopic (exact) mass is 422 g/mol. The van der Waals surface area contributed by atoms with Gasteiger partial charge in [0.1, 0.15) is 17.9 Å². The maximum absolute atomic E-state index is 13.3. The Morgan fingerprint density at radius 3 is 2.52 bits per heavy atom. The van der Waals surface area contributed by atoms with E-state index in [2.05, 4.69) is 0 Å². The molecule has 0 amide bonds. The number of sulfonamides is 1. The standard InChI is InChI=1S/C16H19BF4N2O2S2/c1-10-9-22(13-3-2-11(18)8-12(13)16(19,20)21)6-7-23(10)27(24,25)15-5-4-14(17)26-15/h2-3,5,8,10,14H,4,6-7,9,17H2,1H3/t10-,14?/m1/s1. The zero-order valence-electron chi connectivity index (χ0n) is 14.8. The average Bonchev–Trinajstić information content (AvgIpc) is 3.01. The molecule has 2 aliphatic rings. The molecule has 0 N–H and O–H groups in total. The summed E-state index contributed by atoms with van der Waals surface area (Å²) >= 11 is 1.30. The number of allylic oxidation sites excluding steroid dienone is 1. The Hall–Kier alpha value is -1.20. The predicted molar refractivity (Wildman–Crippen MR) is 101 cm³/mol. The fraction of sp³-hybridized carbons (Fsp3) is 0.500. The van der Waals surface area contributed by atoms with Gasteiger partial charge in [0.15, 0.2) is 0 Å². The van der Waals surface area contributed by atoms with Gasteiger partial charge in [0.2, 0.25) is 10.0 Å². The highest BCUT2D eigenvalue weighted by Gasteiger charge is 2.40. The lowest BCUT2D eigenvalue weighted by Crippen LogP contribution is -2.54. The second kappa shape index (κ2) is 7.33. The molecule has 0 aromatic heterocycles. The summed E-state index contributed by atoms with van der Waals surface area (Å²) in [6.45, 7) is 1.95. The van der Waals surface area contributed by atoms with Crippen LogP contribution in [0.25, 0.3) is 0 Å². The van der Waals surface area contributed by atoms with Crippen LogP contribution in [0.4, 0.5) is 23.2 Å². The van der Waals surface area contributed by atoms with Crippen molar-refractivity contribution in [2.45, 2.75) is 30.7 Å². The lowest BCUT2D eigenvalue weighted by atomic mass is 10.0. The molecular formula is C16H19BF4N2O2S2. The number of piperazine rings is 1. The molecular weight excluding hydrogens is 403 g/mol. The highest BCUT2D eigenvalue weighted by molar-refractivity contribution is 8.19. The number of hydrogen-bond acceptors (Lipinski definition) is 4. The molecule has 0 spiro atoms. The number of anilines is 1. The van der Waals surface area contributed by atoms with Crippen molar-refractivity contribution in [3.05, 3.63) is 39.9 Å². The maximum Gasteiger partial charge on any atom is 0.418 e. The average molecular weight is 422 g/mol. The van der Waals surface area contributed by atoms with Crippen LogP contribution in [0.15, 0.2) is 28.5 Å². The molecule has 27 heavy (non-hydrogen) atoms. The van der Waals surface area contributed by atoms with Gasteiger partial charge in [0, 0.05) is 31.4 Å². The summed E-state index contributed by atoms with van der Waals surface area (Å²) in [4.78, 5) is 1.47. The van der Waals surface area contributed by atoms with Crippen LogP contribution in [0.1, 0.15) is 18.9 Å². The van der Waals surface area contributed by atoms with E-state index in [0.717, 1.165) is 12.1 Å². The summed E-state index contributed by atoms with van der Waals surface area (Å²) in [6.07, 6.45) is -2.31. The summed E-state index contributed by atoms with van der Waals surface area (Å²) in [5.74, 6) is -0.959. The molecule has 1 fully saturated rings. The highest BCUT2D eigenvalue weighted by Crippen LogP contribution is 2.40. The van der Waals surface area contributed by atoms with Gasteiger partial charge in [-0.1, -0.05) is 6.08 Å². The minimum atomic E-state index is -4.69. The van der Waals surface area contributed by atoms with E-state index in [1.54, 1.807) is 13.0 Å². The van der Waals surface area contributed by atoms with E-state index in [0.29, 0.717) is 16.7 Å². The highest BCUT2D eigenvalue weighted by atomic mass is 32.3. The second-order valence-electron chi connectivity index (χ2n) is 6.76. The number of halogens is 4. The Balaban J connectivity index is 1.82. The van der Waals surface area contributed by atoms with Gasteiger partial charge >= 0.3 is 6.18 Å². The Labute approximate surface area is 161 Å². The van der Waals surface area contributed by atoms with Gasteiger partial charge in [-0.2, -0.15) is 17.5 Å². The van der Waals surface area contributed by atoms with E-state index in [9.17, 15) is 26.0 Å². The van der Waals surface area contributed by atoms with Gasteiger partial charge in [-0.25, -0.2) is 12.8 Å². The quantitative estimate of drug-likeness (QED) is 0.555. The fourth-order valence-electron chi connectivity index (χ4n) is 3.37. The van der Waals surface area contributed by atoms with Gasteiger partial charge in [0.05, 0.1) is 5.56 Å². The van der Waals surface area contributed by atoms with Crippen molar-refractivity contribution in [3.63, 3.8) is 0 Å². The Kier molecular flexibility index (Phi) is 5.57. The van der Waals surface area contributed by atoms with E-state index in [4.69, 9.17) is 0 Å². The third-order valence-electron chi connectivity index (χ3n) is 4.67. The number of thioether (sulfide) groups is 1. The van der Waals surface area contributed by atoms with Crippen molar-refractivity contribution in [1.82, 2.24) is 4.31 Å². The smallest absolute Gasteiger partial charge is 0.368 e. The first-order chi connectivity index (χ1) is 12.5. The van der Waals surface area contributed by atoms with E-state index in [1.165, 1.54) is 21.0 Å². The maximum atomic E-state index is 13.3. The predicted octanol–water partition coefficient (Wildman–Crippen LogP) is 2.62. The Bertz CT molecular complexity index is 860. The molecule has 0 bridgehead atoms. The Morgan fingerprint density at radius 2 is 1.96 bits per heavy atom. The van der Waals surface area contributed by atoms with Crippen molar-refractivity contribution >= 4 is 35.3 Å². The molecule has 2 atom stereocenters. The van der Waals surface area contributed by atoms with Crippen LogP contribution in [0.2, 0.25) is 0 Å². The van der Waals surface area contributed by atoms with Gasteiger partial charge in [-0.05, 0) is 36.7 Å². The molecule has 0 saturated carbocycles. The summed E-state index contributed by atoms with van der Waals surface area (Å²) in [7, 11) is -1.70. The first-order valence-corrected chi connectivity index (χ1v) is 10.8. The van der Waals surface area contributed by atoms with E-state index < -0.39 is 33.6 Å². The van der Waals surface area contributed by atoms with Crippen molar-refractivity contribution in [2.24, 2.45) is 0 Å². The van der Waals surface area contributed by atoms with Crippen LogP contribution in [0.3, 0.4) is 0 Å². The number of nitrogens with zero attached hydrogens (tertiary/aromatic N) is 2. The molecule has 1 saturated heterocycles. The van der Waals surface area contributed by atoms with Gasteiger partial charge < -0.3 is 4.90 Å². The number of rotatable bonds is 3. The van der Waals surface area contributed by atoms with E-state index in [1.807, 2.05) is 7.85 Å². The zero-order valence-corrected chi connectivity index (χ0v) is 16.5. The van der Waals surface area contributed by atoms with Crippen molar-refractivity contribution in [1.29, 1.82) is 0 Å². The molecule has 11 heteroatoms. The zero-order chi connectivity index (χ0) is 20.0. The molecule has 4 nitrogen and oxygen atoms in total. The van der Waals surface area contributed by atoms with Crippen LogP contribution in [0, 0.1) is 5.82 Å². The van der Waals surface area contributed by atoms with Gasteiger partial charge in [0.25, 0.3) is 0 Å². The number of benzene rings is 1. The number of alkyl halides is 3. The van der Waals surface area contributed by atoms with E-state index >= 15 is 0 Å². The molecule has 1 aromatic carbocycles. The SMILES string of the molecule is BC1CC=C(S(=O)(=O)N2CCN(c3ccc(F)cc3C(F)(F)F)C[C@H]2C)S1. The van der Waals surface area contributed by atoms with Crippen LogP contribution < -0.4 is 4.90 Å². The molecule has 1 unspecified atom stereocenters. The third kappa shape index (κ3) is 4.14. The summed E-state index contributed by atoms with van der Waals surface area (Å²) in [5, 5.41) is 0.194. The van der Waals surface area contributed by atoms with Crippen LogP contribution >= 0.6 is 11.8 Å². The molecule has 148 valence electrons. The first-order valence-electron chi connectivity index (χ1n) is 8.50. The molecule has 1 aromatic rings. The molecule has 0 radical (unpaired) electrons. The Morgan fingerprint density at radius 1 is 1.26 bits per heavy atom. The summed E-state index contributed by atoms with van der Waals surface area (Å²) in [6, 6.07) is 2.06. The summed E-state index contributed by atoms with van der Waals surface area (Å²) < 4.78 is 80.5. The van der Waals surface area contributed by atoms with E-state index in [-0.39, 0.29) is 30.5 Å². The van der Waals surface area contributed by atoms with Gasteiger partial charge in [-0.15, -0.1) is 11.8 Å². The second-order valence-corrected chi connectivity index (χ2v) is 10.4. The normalized spacial score (nSPS) is 24.9. The molecule has 3 rings (SSSR count). The third-order valence-corrected chi connectivity index (χ3v) is 8.42. The first kappa shape index (κ1) is 20.5. The number of hydrogen-bond donors (Lipinski definition) is 0. The van der Waals surface area contributed by atoms with Crippen molar-refractivity contribution in [2.75, 3.05) is 24.5 Å². The topological polar surface area (TPSA) is 40.6 Å².